The van der Waals surface area contributed by atoms with Crippen molar-refractivity contribution in [3.05, 3.63) is 40.9 Å². The molecule has 105 heavy (non-hydrogen) atoms. The van der Waals surface area contributed by atoms with Crippen molar-refractivity contribution in [2.24, 2.45) is 5.73 Å². The summed E-state index contributed by atoms with van der Waals surface area (Å²) < 4.78 is 25.8. The van der Waals surface area contributed by atoms with E-state index in [1.54, 1.807) is 48.1 Å². The molecule has 39 nitrogen and oxygen atoms in total. The number of aldehydes is 2. The zero-order valence-corrected chi connectivity index (χ0v) is 64.3. The number of nitrogens with two attached hydrogens (primary N) is 1. The standard InChI is InChI=1S/C31H50N6O12.C25H39N5O10.C8H17NO3.2Gd.2H2O/c1-2-23(39)22-49-19-18-48-17-6-33-28-27(29(44)30(28)45)32-5-3-4-24(31(46)47)37-13-11-34(15-16-38)7-8-35(20-25(40)41)9-10-36(12-14-37)21-26(42)43;1-2-40-24-21(22(36)23(24)37)26-5-3-4-18(25(38)39)30-12-10-27(14-15-31)6-7-28(16-19(32)33)8-9-29(11-13-30)17-20(34)35;1-2-8(10)7-12-6-5-11-4-3-9;;;;/h16,24,32-33H,2-15,17-22H2,1H3,(H,40,41)(H,42,43)(H,46,47);15,18,26H,2-14,16-17H2,1H3,(H,32,33)(H,34,35)(H,38,39);2-7,9H2,1H3;;;2*1H2/q;;;2*+3;;/p-8. The van der Waals surface area contributed by atoms with Gasteiger partial charge in [-0.1, -0.05) is 13.8 Å². The summed E-state index contributed by atoms with van der Waals surface area (Å²) in [5, 5.41) is 78.2. The van der Waals surface area contributed by atoms with E-state index >= 15 is 0 Å². The number of ketones is 2. The third-order valence-electron chi connectivity index (χ3n) is 16.1. The van der Waals surface area contributed by atoms with Crippen LogP contribution in [0.25, 0.3) is 0 Å². The molecule has 2 heterocycles. The predicted octanol–water partition coefficient (Wildman–Crippen LogP) is -12.5. The molecule has 0 amide bonds. The van der Waals surface area contributed by atoms with Crippen molar-refractivity contribution in [3.8, 4) is 5.75 Å². The summed E-state index contributed by atoms with van der Waals surface area (Å²) in [5.74, 6) is -7.84. The van der Waals surface area contributed by atoms with Crippen LogP contribution in [-0.4, -0.2) is 352 Å². The van der Waals surface area contributed by atoms with Gasteiger partial charge in [0.1, 0.15) is 42.8 Å². The van der Waals surface area contributed by atoms with E-state index in [-0.39, 0.29) is 315 Å². The second kappa shape index (κ2) is 61.8. The maximum Gasteiger partial charge on any atom is 3.00 e. The summed E-state index contributed by atoms with van der Waals surface area (Å²) in [7, 11) is 0. The molecule has 2 unspecified atom stereocenters. The van der Waals surface area contributed by atoms with Crippen molar-refractivity contribution in [2.75, 3.05) is 246 Å². The Morgan fingerprint density at radius 1 is 0.429 bits per heavy atom. The van der Waals surface area contributed by atoms with Crippen LogP contribution in [0.5, 0.6) is 5.75 Å². The number of aliphatic carboxylic acids is 6. The van der Waals surface area contributed by atoms with Crippen LogP contribution in [0.4, 0.5) is 17.1 Å². The Morgan fingerprint density at radius 2 is 0.733 bits per heavy atom. The van der Waals surface area contributed by atoms with E-state index in [0.717, 1.165) is 0 Å². The quantitative estimate of drug-likeness (QED) is 0.0272. The summed E-state index contributed by atoms with van der Waals surface area (Å²) in [6.07, 6.45) is 3.14. The molecule has 2 radical (unpaired) electrons. The molecule has 598 valence electrons. The second-order valence-corrected chi connectivity index (χ2v) is 23.4. The van der Waals surface area contributed by atoms with Gasteiger partial charge in [0.15, 0.2) is 17.3 Å². The van der Waals surface area contributed by atoms with E-state index < -0.39 is 82.7 Å². The van der Waals surface area contributed by atoms with E-state index in [1.165, 1.54) is 4.90 Å². The van der Waals surface area contributed by atoms with Gasteiger partial charge in [0.25, 0.3) is 21.7 Å². The molecule has 41 heteroatoms. The largest absolute Gasteiger partial charge is 3.00 e. The number of Topliss-reactive ketones (excluding diaryl/α,β-unsaturated/α-hetero) is 2. The molecule has 2 aliphatic heterocycles. The van der Waals surface area contributed by atoms with Crippen LogP contribution in [0, 0.1) is 79.9 Å². The molecule has 2 saturated heterocycles. The molecule has 4 rings (SSSR count). The van der Waals surface area contributed by atoms with Gasteiger partial charge in [0.2, 0.25) is 0 Å². The number of anilines is 3. The van der Waals surface area contributed by atoms with Crippen molar-refractivity contribution in [2.45, 2.75) is 71.4 Å². The monoisotopic (exact) mass is 1790 g/mol. The molecule has 0 aromatic heterocycles. The summed E-state index contributed by atoms with van der Waals surface area (Å²) in [5.41, 5.74) is 2.69. The second-order valence-electron chi connectivity index (χ2n) is 23.4. The van der Waals surface area contributed by atoms with Gasteiger partial charge in [-0.05, 0) is 32.6 Å². The minimum atomic E-state index is -1.35. The van der Waals surface area contributed by atoms with E-state index in [0.29, 0.717) is 77.8 Å². The Labute approximate surface area is 673 Å². The van der Waals surface area contributed by atoms with Crippen LogP contribution in [0.2, 0.25) is 0 Å². The number of nitrogens with zero attached hydrogens (tertiary/aromatic N) is 8. The van der Waals surface area contributed by atoms with Crippen LogP contribution in [0.3, 0.4) is 0 Å². The molecule has 2 fully saturated rings. The van der Waals surface area contributed by atoms with Gasteiger partial charge in [0.05, 0.1) is 95.2 Å². The van der Waals surface area contributed by atoms with Crippen LogP contribution >= 0.6 is 0 Å². The molecule has 2 aromatic rings. The van der Waals surface area contributed by atoms with Gasteiger partial charge in [-0.25, -0.2) is 0 Å². The molecular formula is C64H102Gd2N12O27-2. The molecule has 2 aromatic carbocycles. The molecular weight excluding hydrogens is 1680 g/mol. The van der Waals surface area contributed by atoms with Gasteiger partial charge in [-0.3, -0.25) is 68.0 Å². The molecule has 7 N–H and O–H groups in total. The van der Waals surface area contributed by atoms with E-state index in [1.807, 2.05) is 6.92 Å². The number of rotatable bonds is 46. The fourth-order valence-corrected chi connectivity index (χ4v) is 10.5. The number of carboxylic acid groups (broad SMARTS) is 6. The number of carbonyl (C=O) groups excluding carboxylic acids is 10. The predicted molar refractivity (Wildman–Crippen MR) is 356 cm³/mol. The first-order valence-electron chi connectivity index (χ1n) is 33.8. The summed E-state index contributed by atoms with van der Waals surface area (Å²) >= 11 is 0. The van der Waals surface area contributed by atoms with Crippen LogP contribution in [-0.2, 0) is 66.9 Å². The van der Waals surface area contributed by atoms with E-state index in [4.69, 9.17) is 29.4 Å². The third-order valence-corrected chi connectivity index (χ3v) is 16.1. The first-order chi connectivity index (χ1) is 48.3. The number of carbonyl (C=O) groups is 10. The fourth-order valence-electron chi connectivity index (χ4n) is 10.5. The zero-order valence-electron chi connectivity index (χ0n) is 59.8. The molecule has 0 spiro atoms. The van der Waals surface area contributed by atoms with Crippen LogP contribution in [0.15, 0.2) is 19.2 Å². The maximum absolute atomic E-state index is 12.3. The summed E-state index contributed by atoms with van der Waals surface area (Å²) in [6, 6.07) is -2.14. The van der Waals surface area contributed by atoms with Gasteiger partial charge in [-0.2, -0.15) is 0 Å². The van der Waals surface area contributed by atoms with E-state index in [9.17, 15) is 97.8 Å². The van der Waals surface area contributed by atoms with Crippen LogP contribution in [0.1, 0.15) is 59.3 Å². The van der Waals surface area contributed by atoms with Crippen molar-refractivity contribution in [1.29, 1.82) is 0 Å². The van der Waals surface area contributed by atoms with Crippen molar-refractivity contribution in [1.82, 2.24) is 39.2 Å². The Balaban J connectivity index is -0.00000167. The smallest absolute Gasteiger partial charge is 0.870 e. The SMILES string of the molecule is CCC(=O)COCCOCCN.CCC(=O)COCCOCCNc1c(NCCCC(C(=O)[O-])N2CCN(CC=O)CCN(CC(=O)[O-])CCN(CC(=O)[O-])CC2)c(=O)c1=O.CCOc1c(NCCCC(C(=O)[O-])N2CCN(CC=O)CCN(CC(=O)[O-])CCN(CC(=O)[O-])CC2)c(=O)c1=O.[Gd+3].[Gd+3].[OH-].[OH-]. The van der Waals surface area contributed by atoms with Gasteiger partial charge in [0, 0.05) is 182 Å². The Bertz CT molecular complexity index is 3000. The van der Waals surface area contributed by atoms with Crippen LogP contribution < -0.4 is 78.8 Å². The topological polar surface area (TPSA) is 572 Å². The van der Waals surface area contributed by atoms with Crippen molar-refractivity contribution < 1.29 is 193 Å². The van der Waals surface area contributed by atoms with Gasteiger partial charge in [-0.15, -0.1) is 0 Å². The maximum atomic E-state index is 12.3. The average molecular weight is 1790 g/mol. The number of carboxylic acids is 6. The molecule has 0 aliphatic carbocycles. The molecule has 2 atom stereocenters. The molecule has 0 bridgehead atoms. The normalized spacial score (nSPS) is 15.8. The molecule has 0 saturated carbocycles. The van der Waals surface area contributed by atoms with Gasteiger partial charge < -0.3 is 125 Å². The zero-order chi connectivity index (χ0) is 75.1. The number of nitrogens with one attached hydrogen (secondary N) is 3. The Hall–Kier alpha value is -5.09. The molecule has 2 aliphatic rings. The van der Waals surface area contributed by atoms with Crippen molar-refractivity contribution >= 4 is 77.0 Å². The average Bonchev–Trinajstić information content (AvgIpc) is 0.792. The van der Waals surface area contributed by atoms with Gasteiger partial charge >= 0.3 is 79.9 Å². The summed E-state index contributed by atoms with van der Waals surface area (Å²) in [4.78, 5) is 175. The number of hydrogen-bond acceptors (Lipinski definition) is 39. The number of ether oxygens (including phenoxy) is 5. The summed E-state index contributed by atoms with van der Waals surface area (Å²) in [6.45, 7) is 11.0. The van der Waals surface area contributed by atoms with Crippen molar-refractivity contribution in [3.63, 3.8) is 0 Å². The minimum absolute atomic E-state index is 0. The Morgan fingerprint density at radius 3 is 1.06 bits per heavy atom. The van der Waals surface area contributed by atoms with E-state index in [2.05, 4.69) is 16.0 Å². The minimum Gasteiger partial charge on any atom is -0.870 e. The fraction of sp³-hybridized carbons (Fsp3) is 0.719. The Kier molecular flexibility index (Phi) is 61.2. The first kappa shape index (κ1) is 104. The third kappa shape index (κ3) is 44.2. The number of hydrogen-bond donors (Lipinski definition) is 4. The first-order valence-corrected chi connectivity index (χ1v) is 33.8.